The SMILES string of the molecule is CC(C)Oc1ccc(NC(=O)[C@@H]2CCCN2)cc1Cl.Cl. The molecule has 1 fully saturated rings. The van der Waals surface area contributed by atoms with Crippen LogP contribution in [0.3, 0.4) is 0 Å². The molecule has 6 heteroatoms. The molecule has 0 unspecified atom stereocenters. The van der Waals surface area contributed by atoms with Crippen LogP contribution < -0.4 is 15.4 Å². The zero-order chi connectivity index (χ0) is 13.8. The number of amides is 1. The Hall–Kier alpha value is -0.970. The number of benzene rings is 1. The molecule has 1 aliphatic heterocycles. The van der Waals surface area contributed by atoms with E-state index >= 15 is 0 Å². The molecule has 1 amide bonds. The van der Waals surface area contributed by atoms with E-state index in [0.717, 1.165) is 19.4 Å². The second-order valence-electron chi connectivity index (χ2n) is 4.95. The maximum atomic E-state index is 11.9. The quantitative estimate of drug-likeness (QED) is 0.896. The minimum absolute atomic E-state index is 0. The van der Waals surface area contributed by atoms with Gasteiger partial charge >= 0.3 is 0 Å². The van der Waals surface area contributed by atoms with Crippen LogP contribution in [0.1, 0.15) is 26.7 Å². The standard InChI is InChI=1S/C14H19ClN2O2.ClH/c1-9(2)19-13-6-5-10(8-11(13)15)17-14(18)12-4-3-7-16-12;/h5-6,8-9,12,16H,3-4,7H2,1-2H3,(H,17,18);1H/t12-;/m0./s1. The van der Waals surface area contributed by atoms with Crippen LogP contribution in [0.25, 0.3) is 0 Å². The zero-order valence-corrected chi connectivity index (χ0v) is 13.2. The van der Waals surface area contributed by atoms with Gasteiger partial charge in [-0.2, -0.15) is 0 Å². The molecule has 1 aromatic carbocycles. The number of ether oxygens (including phenoxy) is 1. The minimum Gasteiger partial charge on any atom is -0.489 e. The fraction of sp³-hybridized carbons (Fsp3) is 0.500. The van der Waals surface area contributed by atoms with Crippen molar-refractivity contribution in [1.82, 2.24) is 5.32 Å². The average molecular weight is 319 g/mol. The van der Waals surface area contributed by atoms with Crippen molar-refractivity contribution in [2.45, 2.75) is 38.8 Å². The van der Waals surface area contributed by atoms with Gasteiger partial charge in [-0.1, -0.05) is 11.6 Å². The van der Waals surface area contributed by atoms with Crippen LogP contribution in [-0.2, 0) is 4.79 Å². The third-order valence-electron chi connectivity index (χ3n) is 2.94. The number of halogens is 2. The third kappa shape index (κ3) is 4.54. The summed E-state index contributed by atoms with van der Waals surface area (Å²) in [5, 5.41) is 6.53. The Balaban J connectivity index is 0.00000200. The lowest BCUT2D eigenvalue weighted by molar-refractivity contribution is -0.117. The molecule has 112 valence electrons. The summed E-state index contributed by atoms with van der Waals surface area (Å²) in [6.07, 6.45) is 1.99. The van der Waals surface area contributed by atoms with Crippen LogP contribution in [0.2, 0.25) is 5.02 Å². The summed E-state index contributed by atoms with van der Waals surface area (Å²) in [4.78, 5) is 11.9. The lowest BCUT2D eigenvalue weighted by Crippen LogP contribution is -2.35. The summed E-state index contributed by atoms with van der Waals surface area (Å²) in [5.41, 5.74) is 0.694. The normalized spacial score (nSPS) is 17.7. The molecule has 2 N–H and O–H groups in total. The molecule has 1 atom stereocenters. The Kier molecular flexibility index (Phi) is 6.59. The molecule has 0 radical (unpaired) electrons. The number of carbonyl (C=O) groups is 1. The largest absolute Gasteiger partial charge is 0.489 e. The van der Waals surface area contributed by atoms with Crippen molar-refractivity contribution in [2.24, 2.45) is 0 Å². The van der Waals surface area contributed by atoms with Crippen molar-refractivity contribution in [3.05, 3.63) is 23.2 Å². The molecule has 0 spiro atoms. The Bertz CT molecular complexity index is 460. The molecule has 0 saturated carbocycles. The monoisotopic (exact) mass is 318 g/mol. The lowest BCUT2D eigenvalue weighted by atomic mass is 10.2. The predicted molar refractivity (Wildman–Crippen MR) is 84.1 cm³/mol. The molecule has 0 bridgehead atoms. The van der Waals surface area contributed by atoms with Crippen LogP contribution in [0.5, 0.6) is 5.75 Å². The van der Waals surface area contributed by atoms with E-state index in [4.69, 9.17) is 16.3 Å². The van der Waals surface area contributed by atoms with Gasteiger partial charge in [-0.05, 0) is 51.4 Å². The van der Waals surface area contributed by atoms with E-state index in [1.807, 2.05) is 13.8 Å². The van der Waals surface area contributed by atoms with E-state index in [1.165, 1.54) is 0 Å². The lowest BCUT2D eigenvalue weighted by Gasteiger charge is -2.14. The van der Waals surface area contributed by atoms with Crippen molar-refractivity contribution in [3.8, 4) is 5.75 Å². The van der Waals surface area contributed by atoms with Crippen LogP contribution >= 0.6 is 24.0 Å². The molecule has 2 rings (SSSR count). The highest BCUT2D eigenvalue weighted by Crippen LogP contribution is 2.28. The highest BCUT2D eigenvalue weighted by atomic mass is 35.5. The van der Waals surface area contributed by atoms with Gasteiger partial charge in [-0.25, -0.2) is 0 Å². The van der Waals surface area contributed by atoms with Crippen molar-refractivity contribution < 1.29 is 9.53 Å². The smallest absolute Gasteiger partial charge is 0.241 e. The Morgan fingerprint density at radius 3 is 2.80 bits per heavy atom. The molecule has 0 aromatic heterocycles. The minimum atomic E-state index is -0.0923. The van der Waals surface area contributed by atoms with Crippen molar-refractivity contribution in [3.63, 3.8) is 0 Å². The second kappa shape index (κ2) is 7.72. The van der Waals surface area contributed by atoms with Crippen LogP contribution in [0.4, 0.5) is 5.69 Å². The van der Waals surface area contributed by atoms with E-state index in [-0.39, 0.29) is 30.5 Å². The van der Waals surface area contributed by atoms with Gasteiger partial charge in [0, 0.05) is 5.69 Å². The first kappa shape index (κ1) is 17.1. The van der Waals surface area contributed by atoms with E-state index in [9.17, 15) is 4.79 Å². The Labute approximate surface area is 130 Å². The molecule has 1 heterocycles. The summed E-state index contributed by atoms with van der Waals surface area (Å²) in [7, 11) is 0. The maximum absolute atomic E-state index is 11.9. The highest BCUT2D eigenvalue weighted by Gasteiger charge is 2.22. The number of hydrogen-bond acceptors (Lipinski definition) is 3. The van der Waals surface area contributed by atoms with Crippen molar-refractivity contribution in [1.29, 1.82) is 0 Å². The number of nitrogens with one attached hydrogen (secondary N) is 2. The van der Waals surface area contributed by atoms with Gasteiger partial charge < -0.3 is 15.4 Å². The summed E-state index contributed by atoms with van der Waals surface area (Å²) < 4.78 is 5.55. The number of rotatable bonds is 4. The maximum Gasteiger partial charge on any atom is 0.241 e. The number of hydrogen-bond donors (Lipinski definition) is 2. The zero-order valence-electron chi connectivity index (χ0n) is 11.6. The van der Waals surface area contributed by atoms with Gasteiger partial charge in [0.1, 0.15) is 5.75 Å². The van der Waals surface area contributed by atoms with Gasteiger partial charge in [0.05, 0.1) is 17.2 Å². The topological polar surface area (TPSA) is 50.4 Å². The predicted octanol–water partition coefficient (Wildman–Crippen LogP) is 3.24. The first-order valence-electron chi connectivity index (χ1n) is 6.56. The van der Waals surface area contributed by atoms with Crippen LogP contribution in [-0.4, -0.2) is 24.6 Å². The van der Waals surface area contributed by atoms with Gasteiger partial charge in [-0.15, -0.1) is 12.4 Å². The summed E-state index contributed by atoms with van der Waals surface area (Å²) in [6, 6.07) is 5.20. The summed E-state index contributed by atoms with van der Waals surface area (Å²) in [5.74, 6) is 0.625. The van der Waals surface area contributed by atoms with Gasteiger partial charge in [0.25, 0.3) is 0 Å². The van der Waals surface area contributed by atoms with E-state index < -0.39 is 0 Å². The van der Waals surface area contributed by atoms with E-state index in [2.05, 4.69) is 10.6 Å². The van der Waals surface area contributed by atoms with Crippen molar-refractivity contribution in [2.75, 3.05) is 11.9 Å². The molecule has 20 heavy (non-hydrogen) atoms. The average Bonchev–Trinajstić information content (AvgIpc) is 2.86. The second-order valence-corrected chi connectivity index (χ2v) is 5.36. The Morgan fingerprint density at radius 1 is 1.50 bits per heavy atom. The molecule has 1 saturated heterocycles. The van der Waals surface area contributed by atoms with Gasteiger partial charge in [0.2, 0.25) is 5.91 Å². The van der Waals surface area contributed by atoms with Crippen LogP contribution in [0, 0.1) is 0 Å². The first-order valence-corrected chi connectivity index (χ1v) is 6.94. The fourth-order valence-electron chi connectivity index (χ4n) is 2.07. The number of carbonyl (C=O) groups excluding carboxylic acids is 1. The molecule has 0 aliphatic carbocycles. The van der Waals surface area contributed by atoms with E-state index in [1.54, 1.807) is 18.2 Å². The molecule has 1 aliphatic rings. The van der Waals surface area contributed by atoms with Gasteiger partial charge in [0.15, 0.2) is 0 Å². The molecular weight excluding hydrogens is 299 g/mol. The van der Waals surface area contributed by atoms with Crippen LogP contribution in [0.15, 0.2) is 18.2 Å². The fourth-order valence-corrected chi connectivity index (χ4v) is 2.29. The Morgan fingerprint density at radius 2 is 2.25 bits per heavy atom. The first-order chi connectivity index (χ1) is 9.06. The summed E-state index contributed by atoms with van der Waals surface area (Å²) in [6.45, 7) is 4.79. The molecule has 1 aromatic rings. The number of anilines is 1. The molecular formula is C14H20Cl2N2O2. The van der Waals surface area contributed by atoms with E-state index in [0.29, 0.717) is 16.5 Å². The van der Waals surface area contributed by atoms with Gasteiger partial charge in [-0.3, -0.25) is 4.79 Å². The molecule has 4 nitrogen and oxygen atoms in total. The summed E-state index contributed by atoms with van der Waals surface area (Å²) >= 11 is 6.12. The highest BCUT2D eigenvalue weighted by molar-refractivity contribution is 6.32. The third-order valence-corrected chi connectivity index (χ3v) is 3.23. The van der Waals surface area contributed by atoms with Crippen molar-refractivity contribution >= 4 is 35.6 Å².